The van der Waals surface area contributed by atoms with Gasteiger partial charge >= 0.3 is 0 Å². The van der Waals surface area contributed by atoms with Crippen LogP contribution in [0, 0.1) is 0 Å². The van der Waals surface area contributed by atoms with Gasteiger partial charge in [0.25, 0.3) is 0 Å². The molecule has 0 saturated carbocycles. The van der Waals surface area contributed by atoms with Crippen LogP contribution in [0.3, 0.4) is 0 Å². The molecule has 2 aromatic carbocycles. The van der Waals surface area contributed by atoms with Crippen molar-refractivity contribution in [3.8, 4) is 11.5 Å². The summed E-state index contributed by atoms with van der Waals surface area (Å²) in [5, 5.41) is 3.11. The van der Waals surface area contributed by atoms with Crippen molar-refractivity contribution >= 4 is 11.6 Å². The number of hydrogen-bond donors (Lipinski definition) is 2. The number of para-hydroxylation sites is 2. The molecule has 2 aromatic rings. The molecule has 2 rings (SSSR count). The normalized spacial score (nSPS) is 11.5. The topological polar surface area (TPSA) is 73.6 Å². The number of nitrogens with one attached hydrogen (secondary N) is 1. The van der Waals surface area contributed by atoms with E-state index in [0.717, 1.165) is 5.69 Å². The van der Waals surface area contributed by atoms with Crippen molar-refractivity contribution in [1.29, 1.82) is 0 Å². The molecule has 21 heavy (non-hydrogen) atoms. The fraction of sp³-hybridized carbons (Fsp3) is 0.188. The fourth-order valence-corrected chi connectivity index (χ4v) is 2.14. The zero-order valence-electron chi connectivity index (χ0n) is 12.0. The molecule has 0 aliphatic carbocycles. The summed E-state index contributed by atoms with van der Waals surface area (Å²) in [5.41, 5.74) is 6.96. The number of rotatable bonds is 6. The summed E-state index contributed by atoms with van der Waals surface area (Å²) in [5.74, 6) is 0.550. The van der Waals surface area contributed by atoms with Crippen LogP contribution in [0.5, 0.6) is 11.5 Å². The van der Waals surface area contributed by atoms with Crippen LogP contribution in [0.15, 0.2) is 48.5 Å². The summed E-state index contributed by atoms with van der Waals surface area (Å²) >= 11 is 0. The van der Waals surface area contributed by atoms with Gasteiger partial charge in [0.1, 0.15) is 6.04 Å². The van der Waals surface area contributed by atoms with E-state index >= 15 is 0 Å². The molecule has 1 atom stereocenters. The van der Waals surface area contributed by atoms with Gasteiger partial charge in [0.15, 0.2) is 11.5 Å². The van der Waals surface area contributed by atoms with Crippen molar-refractivity contribution in [3.05, 3.63) is 54.1 Å². The zero-order valence-corrected chi connectivity index (χ0v) is 12.0. The van der Waals surface area contributed by atoms with Crippen molar-refractivity contribution in [2.75, 3.05) is 19.5 Å². The van der Waals surface area contributed by atoms with E-state index in [1.807, 2.05) is 30.3 Å². The van der Waals surface area contributed by atoms with Gasteiger partial charge in [-0.05, 0) is 18.2 Å². The Labute approximate surface area is 123 Å². The average Bonchev–Trinajstić information content (AvgIpc) is 2.52. The number of benzene rings is 2. The van der Waals surface area contributed by atoms with E-state index in [1.54, 1.807) is 25.3 Å². The highest BCUT2D eigenvalue weighted by molar-refractivity contribution is 5.85. The van der Waals surface area contributed by atoms with Gasteiger partial charge in [0.2, 0.25) is 5.91 Å². The number of nitrogens with two attached hydrogens (primary N) is 1. The van der Waals surface area contributed by atoms with Gasteiger partial charge in [0.05, 0.1) is 14.2 Å². The molecule has 0 saturated heterocycles. The highest BCUT2D eigenvalue weighted by Crippen LogP contribution is 2.35. The van der Waals surface area contributed by atoms with Gasteiger partial charge in [-0.2, -0.15) is 0 Å². The quantitative estimate of drug-likeness (QED) is 0.855. The molecule has 0 bridgehead atoms. The predicted octanol–water partition coefficient (Wildman–Crippen LogP) is 2.34. The maximum absolute atomic E-state index is 11.8. The number of ether oxygens (including phenoxy) is 2. The molecule has 3 N–H and O–H groups in total. The predicted molar refractivity (Wildman–Crippen MR) is 81.5 cm³/mol. The number of amides is 1. The molecule has 5 nitrogen and oxygen atoms in total. The van der Waals surface area contributed by atoms with E-state index < -0.39 is 11.9 Å². The molecule has 1 amide bonds. The van der Waals surface area contributed by atoms with Crippen molar-refractivity contribution in [1.82, 2.24) is 0 Å². The molecule has 0 aliphatic heterocycles. The lowest BCUT2D eigenvalue weighted by molar-refractivity contribution is -0.118. The molecule has 1 unspecified atom stereocenters. The molecule has 0 fully saturated rings. The Morgan fingerprint density at radius 3 is 2.33 bits per heavy atom. The molecule has 0 radical (unpaired) electrons. The number of carbonyl (C=O) groups excluding carboxylic acids is 1. The first-order valence-corrected chi connectivity index (χ1v) is 6.49. The van der Waals surface area contributed by atoms with E-state index in [4.69, 9.17) is 15.2 Å². The number of methoxy groups -OCH3 is 2. The van der Waals surface area contributed by atoms with Gasteiger partial charge in [-0.15, -0.1) is 0 Å². The van der Waals surface area contributed by atoms with Crippen molar-refractivity contribution in [2.24, 2.45) is 5.73 Å². The number of anilines is 1. The Bertz CT molecular complexity index is 614. The van der Waals surface area contributed by atoms with E-state index in [1.165, 1.54) is 7.11 Å². The Balaban J connectivity index is 2.41. The van der Waals surface area contributed by atoms with Gasteiger partial charge in [-0.25, -0.2) is 0 Å². The smallest absolute Gasteiger partial charge is 0.244 e. The second-order valence-corrected chi connectivity index (χ2v) is 4.43. The highest BCUT2D eigenvalue weighted by Gasteiger charge is 2.23. The average molecular weight is 286 g/mol. The summed E-state index contributed by atoms with van der Waals surface area (Å²) < 4.78 is 10.6. The molecule has 0 aliphatic rings. The van der Waals surface area contributed by atoms with Gasteiger partial charge < -0.3 is 20.5 Å². The van der Waals surface area contributed by atoms with E-state index in [0.29, 0.717) is 17.1 Å². The Morgan fingerprint density at radius 2 is 1.76 bits per heavy atom. The van der Waals surface area contributed by atoms with Crippen LogP contribution in [0.25, 0.3) is 0 Å². The summed E-state index contributed by atoms with van der Waals surface area (Å²) in [4.78, 5) is 11.8. The van der Waals surface area contributed by atoms with Crippen LogP contribution >= 0.6 is 0 Å². The van der Waals surface area contributed by atoms with Crippen molar-refractivity contribution in [3.63, 3.8) is 0 Å². The molecular formula is C16H18N2O3. The number of carbonyl (C=O) groups is 1. The van der Waals surface area contributed by atoms with E-state index in [9.17, 15) is 4.79 Å². The number of primary amides is 1. The molecule has 0 heterocycles. The minimum atomic E-state index is -0.711. The van der Waals surface area contributed by atoms with Crippen LogP contribution in [0.1, 0.15) is 11.6 Å². The maximum Gasteiger partial charge on any atom is 0.244 e. The van der Waals surface area contributed by atoms with Crippen LogP contribution < -0.4 is 20.5 Å². The van der Waals surface area contributed by atoms with Crippen LogP contribution in [-0.2, 0) is 4.79 Å². The first kappa shape index (κ1) is 14.7. The second-order valence-electron chi connectivity index (χ2n) is 4.43. The summed E-state index contributed by atoms with van der Waals surface area (Å²) in [7, 11) is 3.08. The van der Waals surface area contributed by atoms with Gasteiger partial charge in [-0.3, -0.25) is 4.79 Å². The lowest BCUT2D eigenvalue weighted by Gasteiger charge is -2.20. The molecule has 0 aromatic heterocycles. The highest BCUT2D eigenvalue weighted by atomic mass is 16.5. The number of hydrogen-bond acceptors (Lipinski definition) is 4. The lowest BCUT2D eigenvalue weighted by atomic mass is 10.0. The van der Waals surface area contributed by atoms with Gasteiger partial charge in [-0.1, -0.05) is 30.3 Å². The molecule has 0 spiro atoms. The first-order chi connectivity index (χ1) is 10.2. The van der Waals surface area contributed by atoms with Crippen molar-refractivity contribution in [2.45, 2.75) is 6.04 Å². The van der Waals surface area contributed by atoms with Crippen LogP contribution in [0.2, 0.25) is 0 Å². The fourth-order valence-electron chi connectivity index (χ4n) is 2.14. The van der Waals surface area contributed by atoms with E-state index in [-0.39, 0.29) is 0 Å². The zero-order chi connectivity index (χ0) is 15.2. The largest absolute Gasteiger partial charge is 0.493 e. The molecule has 110 valence electrons. The summed E-state index contributed by atoms with van der Waals surface area (Å²) in [6.45, 7) is 0. The van der Waals surface area contributed by atoms with Crippen LogP contribution in [0.4, 0.5) is 5.69 Å². The van der Waals surface area contributed by atoms with Crippen LogP contribution in [-0.4, -0.2) is 20.1 Å². The minimum Gasteiger partial charge on any atom is -0.493 e. The third-order valence-electron chi connectivity index (χ3n) is 3.11. The SMILES string of the molecule is COc1cccc(C(Nc2ccccc2)C(N)=O)c1OC. The third-order valence-corrected chi connectivity index (χ3v) is 3.11. The second kappa shape index (κ2) is 6.65. The summed E-state index contributed by atoms with van der Waals surface area (Å²) in [6, 6.07) is 14.0. The summed E-state index contributed by atoms with van der Waals surface area (Å²) in [6.07, 6.45) is 0. The Hall–Kier alpha value is -2.69. The Kier molecular flexibility index (Phi) is 4.66. The monoisotopic (exact) mass is 286 g/mol. The third kappa shape index (κ3) is 3.25. The Morgan fingerprint density at radius 1 is 1.05 bits per heavy atom. The maximum atomic E-state index is 11.8. The van der Waals surface area contributed by atoms with Crippen molar-refractivity contribution < 1.29 is 14.3 Å². The molecule has 5 heteroatoms. The van der Waals surface area contributed by atoms with E-state index in [2.05, 4.69) is 5.32 Å². The first-order valence-electron chi connectivity index (χ1n) is 6.49. The standard InChI is InChI=1S/C16H18N2O3/c1-20-13-10-6-9-12(15(13)21-2)14(16(17)19)18-11-7-4-3-5-8-11/h3-10,14,18H,1-2H3,(H2,17,19). The lowest BCUT2D eigenvalue weighted by Crippen LogP contribution is -2.28. The minimum absolute atomic E-state index is 0.493. The molecular weight excluding hydrogens is 268 g/mol. The van der Waals surface area contributed by atoms with Gasteiger partial charge in [0, 0.05) is 11.3 Å².